The Morgan fingerprint density at radius 3 is 2.90 bits per heavy atom. The highest BCUT2D eigenvalue weighted by Crippen LogP contribution is 2.23. The quantitative estimate of drug-likeness (QED) is 0.658. The van der Waals surface area contributed by atoms with E-state index >= 15 is 0 Å². The molecule has 4 nitrogen and oxygen atoms in total. The van der Waals surface area contributed by atoms with Crippen LogP contribution in [0.5, 0.6) is 0 Å². The van der Waals surface area contributed by atoms with E-state index in [-0.39, 0.29) is 0 Å². The Morgan fingerprint density at radius 2 is 2.05 bits per heavy atom. The fourth-order valence-corrected chi connectivity index (χ4v) is 3.67. The highest BCUT2D eigenvalue weighted by Gasteiger charge is 2.32. The first kappa shape index (κ1) is 17.2. The van der Waals surface area contributed by atoms with Gasteiger partial charge in [0.25, 0.3) is 0 Å². The summed E-state index contributed by atoms with van der Waals surface area (Å²) >= 11 is 0. The predicted octanol–water partition coefficient (Wildman–Crippen LogP) is 1.95. The molecule has 0 aromatic rings. The van der Waals surface area contributed by atoms with Gasteiger partial charge in [0, 0.05) is 51.5 Å². The second-order valence-corrected chi connectivity index (χ2v) is 6.64. The van der Waals surface area contributed by atoms with Gasteiger partial charge >= 0.3 is 0 Å². The number of piperidine rings is 1. The molecule has 2 atom stereocenters. The highest BCUT2D eigenvalue weighted by molar-refractivity contribution is 4.89. The van der Waals surface area contributed by atoms with Crippen LogP contribution in [-0.2, 0) is 4.74 Å². The van der Waals surface area contributed by atoms with Crippen molar-refractivity contribution in [3.63, 3.8) is 0 Å². The lowest BCUT2D eigenvalue weighted by Gasteiger charge is -2.47. The summed E-state index contributed by atoms with van der Waals surface area (Å²) in [4.78, 5) is 5.42. The standard InChI is InChI=1S/C17H35N3O/c1-3-21-13-7-5-9-18-10-12-19-15-17-8-4-6-11-20(17)14-16(19)2/h16-18H,3-15H2,1-2H3. The van der Waals surface area contributed by atoms with Gasteiger partial charge in [-0.15, -0.1) is 0 Å². The largest absolute Gasteiger partial charge is 0.382 e. The van der Waals surface area contributed by atoms with Crippen molar-refractivity contribution in [2.45, 2.75) is 58.0 Å². The van der Waals surface area contributed by atoms with E-state index in [1.54, 1.807) is 0 Å². The van der Waals surface area contributed by atoms with Crippen LogP contribution in [0.3, 0.4) is 0 Å². The Labute approximate surface area is 131 Å². The van der Waals surface area contributed by atoms with Crippen LogP contribution in [0.2, 0.25) is 0 Å². The van der Waals surface area contributed by atoms with Crippen LogP contribution < -0.4 is 5.32 Å². The molecule has 0 aromatic carbocycles. The van der Waals surface area contributed by atoms with E-state index in [2.05, 4.69) is 29.0 Å². The zero-order valence-corrected chi connectivity index (χ0v) is 14.1. The molecule has 2 rings (SSSR count). The summed E-state index contributed by atoms with van der Waals surface area (Å²) in [5, 5.41) is 3.59. The van der Waals surface area contributed by atoms with E-state index in [1.165, 1.54) is 58.3 Å². The lowest BCUT2D eigenvalue weighted by atomic mass is 9.97. The molecule has 0 aliphatic carbocycles. The fraction of sp³-hybridized carbons (Fsp3) is 1.00. The van der Waals surface area contributed by atoms with Crippen molar-refractivity contribution in [1.82, 2.24) is 15.1 Å². The second-order valence-electron chi connectivity index (χ2n) is 6.64. The van der Waals surface area contributed by atoms with E-state index in [0.29, 0.717) is 0 Å². The summed E-state index contributed by atoms with van der Waals surface area (Å²) in [5.74, 6) is 0. The van der Waals surface area contributed by atoms with E-state index in [9.17, 15) is 0 Å². The van der Waals surface area contributed by atoms with E-state index in [1.807, 2.05) is 0 Å². The molecule has 2 aliphatic heterocycles. The third kappa shape index (κ3) is 5.85. The number of unbranched alkanes of at least 4 members (excludes halogenated alkanes) is 1. The summed E-state index contributed by atoms with van der Waals surface area (Å²) in [6.45, 7) is 13.6. The summed E-state index contributed by atoms with van der Waals surface area (Å²) in [7, 11) is 0. The molecule has 2 heterocycles. The molecule has 0 saturated carbocycles. The maximum Gasteiger partial charge on any atom is 0.0466 e. The Kier molecular flexibility index (Phi) is 8.01. The minimum atomic E-state index is 0.721. The summed E-state index contributed by atoms with van der Waals surface area (Å²) < 4.78 is 5.36. The molecule has 21 heavy (non-hydrogen) atoms. The monoisotopic (exact) mass is 297 g/mol. The topological polar surface area (TPSA) is 27.7 Å². The molecule has 4 heteroatoms. The van der Waals surface area contributed by atoms with Crippen molar-refractivity contribution in [2.24, 2.45) is 0 Å². The predicted molar refractivity (Wildman–Crippen MR) is 88.8 cm³/mol. The van der Waals surface area contributed by atoms with Gasteiger partial charge in [-0.25, -0.2) is 0 Å². The number of rotatable bonds is 9. The van der Waals surface area contributed by atoms with E-state index in [0.717, 1.165) is 38.4 Å². The molecular weight excluding hydrogens is 262 g/mol. The average molecular weight is 297 g/mol. The van der Waals surface area contributed by atoms with Crippen LogP contribution in [0, 0.1) is 0 Å². The maximum atomic E-state index is 5.36. The van der Waals surface area contributed by atoms with Crippen molar-refractivity contribution in [3.05, 3.63) is 0 Å². The smallest absolute Gasteiger partial charge is 0.0466 e. The lowest BCUT2D eigenvalue weighted by Crippen LogP contribution is -2.59. The van der Waals surface area contributed by atoms with Crippen LogP contribution in [0.1, 0.15) is 46.0 Å². The van der Waals surface area contributed by atoms with Gasteiger partial charge in [-0.2, -0.15) is 0 Å². The molecule has 2 saturated heterocycles. The van der Waals surface area contributed by atoms with E-state index in [4.69, 9.17) is 4.74 Å². The van der Waals surface area contributed by atoms with Crippen molar-refractivity contribution < 1.29 is 4.74 Å². The van der Waals surface area contributed by atoms with Gasteiger partial charge in [0.2, 0.25) is 0 Å². The Morgan fingerprint density at radius 1 is 1.14 bits per heavy atom. The Bertz CT molecular complexity index is 275. The lowest BCUT2D eigenvalue weighted by molar-refractivity contribution is 0.0160. The number of fused-ring (bicyclic) bond motifs is 1. The second kappa shape index (κ2) is 9.78. The van der Waals surface area contributed by atoms with Crippen molar-refractivity contribution in [3.8, 4) is 0 Å². The average Bonchev–Trinajstić information content (AvgIpc) is 2.50. The van der Waals surface area contributed by atoms with Crippen LogP contribution in [0.4, 0.5) is 0 Å². The number of hydrogen-bond acceptors (Lipinski definition) is 4. The number of nitrogens with one attached hydrogen (secondary N) is 1. The van der Waals surface area contributed by atoms with Crippen molar-refractivity contribution in [1.29, 1.82) is 0 Å². The van der Waals surface area contributed by atoms with Crippen LogP contribution >= 0.6 is 0 Å². The number of piperazine rings is 1. The summed E-state index contributed by atoms with van der Waals surface area (Å²) in [6.07, 6.45) is 6.66. The van der Waals surface area contributed by atoms with Gasteiger partial charge < -0.3 is 10.1 Å². The van der Waals surface area contributed by atoms with Gasteiger partial charge in [-0.3, -0.25) is 9.80 Å². The third-order valence-electron chi connectivity index (χ3n) is 4.99. The first-order valence-corrected chi connectivity index (χ1v) is 9.07. The minimum absolute atomic E-state index is 0.721. The molecule has 2 fully saturated rings. The summed E-state index contributed by atoms with van der Waals surface area (Å²) in [5.41, 5.74) is 0. The van der Waals surface area contributed by atoms with Gasteiger partial charge in [-0.05, 0) is 52.6 Å². The highest BCUT2D eigenvalue weighted by atomic mass is 16.5. The molecule has 2 aliphatic rings. The van der Waals surface area contributed by atoms with Gasteiger partial charge in [-0.1, -0.05) is 6.42 Å². The summed E-state index contributed by atoms with van der Waals surface area (Å²) in [6, 6.07) is 1.56. The van der Waals surface area contributed by atoms with Gasteiger partial charge in [0.05, 0.1) is 0 Å². The SMILES string of the molecule is CCOCCCCNCCN1CC2CCCCN2CC1C. The van der Waals surface area contributed by atoms with Crippen molar-refractivity contribution >= 4 is 0 Å². The molecule has 124 valence electrons. The number of nitrogens with zero attached hydrogens (tertiary/aromatic N) is 2. The molecule has 0 spiro atoms. The first-order valence-electron chi connectivity index (χ1n) is 9.07. The molecular formula is C17H35N3O. The maximum absolute atomic E-state index is 5.36. The van der Waals surface area contributed by atoms with Crippen LogP contribution in [0.15, 0.2) is 0 Å². The van der Waals surface area contributed by atoms with Gasteiger partial charge in [0.15, 0.2) is 0 Å². The molecule has 0 bridgehead atoms. The third-order valence-corrected chi connectivity index (χ3v) is 4.99. The Hall–Kier alpha value is -0.160. The normalized spacial score (nSPS) is 27.7. The Balaban J connectivity index is 1.53. The van der Waals surface area contributed by atoms with Crippen LogP contribution in [-0.4, -0.2) is 74.4 Å². The van der Waals surface area contributed by atoms with Crippen LogP contribution in [0.25, 0.3) is 0 Å². The molecule has 1 N–H and O–H groups in total. The zero-order valence-electron chi connectivity index (χ0n) is 14.1. The fourth-order valence-electron chi connectivity index (χ4n) is 3.67. The van der Waals surface area contributed by atoms with Gasteiger partial charge in [0.1, 0.15) is 0 Å². The number of hydrogen-bond donors (Lipinski definition) is 1. The van der Waals surface area contributed by atoms with Crippen molar-refractivity contribution in [2.75, 3.05) is 52.5 Å². The first-order chi connectivity index (χ1) is 10.3. The molecule has 2 unspecified atom stereocenters. The molecule has 0 aromatic heterocycles. The van der Waals surface area contributed by atoms with E-state index < -0.39 is 0 Å². The molecule has 0 amide bonds. The minimum Gasteiger partial charge on any atom is -0.382 e. The zero-order chi connectivity index (χ0) is 14.9. The number of ether oxygens (including phenoxy) is 1. The molecule has 0 radical (unpaired) electrons.